The lowest BCUT2D eigenvalue weighted by Crippen LogP contribution is -2.50. The van der Waals surface area contributed by atoms with E-state index < -0.39 is 0 Å². The van der Waals surface area contributed by atoms with Crippen LogP contribution in [0, 0.1) is 0 Å². The van der Waals surface area contributed by atoms with Crippen molar-refractivity contribution in [1.29, 1.82) is 0 Å². The van der Waals surface area contributed by atoms with Gasteiger partial charge in [-0.1, -0.05) is 30.3 Å². The van der Waals surface area contributed by atoms with Crippen LogP contribution in [0.4, 0.5) is 0 Å². The smallest absolute Gasteiger partial charge is 0.238 e. The molecule has 1 aliphatic heterocycles. The molecule has 1 amide bonds. The maximum Gasteiger partial charge on any atom is 0.238 e. The molecule has 0 spiro atoms. The van der Waals surface area contributed by atoms with E-state index in [-0.39, 0.29) is 23.5 Å². The van der Waals surface area contributed by atoms with Crippen LogP contribution in [0.3, 0.4) is 0 Å². The normalized spacial score (nSPS) is 23.3. The van der Waals surface area contributed by atoms with Gasteiger partial charge in [-0.05, 0) is 25.8 Å². The maximum absolute atomic E-state index is 12.0. The van der Waals surface area contributed by atoms with Crippen molar-refractivity contribution in [3.63, 3.8) is 0 Å². The van der Waals surface area contributed by atoms with Crippen LogP contribution in [0.5, 0.6) is 0 Å². The summed E-state index contributed by atoms with van der Waals surface area (Å²) in [6.07, 6.45) is 0.737. The van der Waals surface area contributed by atoms with Crippen LogP contribution in [0.2, 0.25) is 0 Å². The molecule has 0 aromatic heterocycles. The topological polar surface area (TPSA) is 79.2 Å². The summed E-state index contributed by atoms with van der Waals surface area (Å²) in [5.41, 5.74) is 12.8. The van der Waals surface area contributed by atoms with E-state index >= 15 is 0 Å². The molecule has 0 saturated carbocycles. The Hall–Kier alpha value is -1.43. The minimum absolute atomic E-state index is 0.00976. The van der Waals surface area contributed by atoms with E-state index in [2.05, 4.69) is 28.3 Å². The van der Waals surface area contributed by atoms with Crippen LogP contribution in [0.1, 0.15) is 31.9 Å². The number of benzene rings is 1. The molecule has 5 heteroatoms. The number of carbonyl (C=O) groups is 1. The fourth-order valence-electron chi connectivity index (χ4n) is 2.07. The fourth-order valence-corrected chi connectivity index (χ4v) is 2.07. The first-order valence-electron chi connectivity index (χ1n) is 6.58. The molecule has 1 heterocycles. The molecule has 1 aliphatic rings. The van der Waals surface area contributed by atoms with Crippen LogP contribution in [-0.4, -0.2) is 24.0 Å². The first-order chi connectivity index (χ1) is 8.96. The third-order valence-electron chi connectivity index (χ3n) is 3.14. The van der Waals surface area contributed by atoms with Crippen molar-refractivity contribution in [2.75, 3.05) is 6.54 Å². The summed E-state index contributed by atoms with van der Waals surface area (Å²) < 4.78 is 0. The van der Waals surface area contributed by atoms with E-state index in [1.165, 1.54) is 5.56 Å². The van der Waals surface area contributed by atoms with Gasteiger partial charge < -0.3 is 11.1 Å². The van der Waals surface area contributed by atoms with Crippen LogP contribution in [0.25, 0.3) is 0 Å². The quantitative estimate of drug-likeness (QED) is 0.635. The van der Waals surface area contributed by atoms with Gasteiger partial charge >= 0.3 is 0 Å². The average Bonchev–Trinajstić information content (AvgIpc) is 2.86. The van der Waals surface area contributed by atoms with Crippen LogP contribution in [-0.2, 0) is 4.79 Å². The summed E-state index contributed by atoms with van der Waals surface area (Å²) in [4.78, 5) is 12.0. The van der Waals surface area contributed by atoms with E-state index in [1.54, 1.807) is 0 Å². The lowest BCUT2D eigenvalue weighted by Gasteiger charge is -2.20. The van der Waals surface area contributed by atoms with Gasteiger partial charge in [-0.15, -0.1) is 0 Å². The Labute approximate surface area is 113 Å². The van der Waals surface area contributed by atoms with Gasteiger partial charge in [0.25, 0.3) is 0 Å². The second-order valence-corrected chi connectivity index (χ2v) is 5.75. The Morgan fingerprint density at radius 2 is 2.05 bits per heavy atom. The number of rotatable bonds is 4. The van der Waals surface area contributed by atoms with Crippen molar-refractivity contribution < 1.29 is 4.79 Å². The van der Waals surface area contributed by atoms with Gasteiger partial charge in [-0.25, -0.2) is 10.9 Å². The average molecular weight is 262 g/mol. The molecule has 2 rings (SSSR count). The third-order valence-corrected chi connectivity index (χ3v) is 3.14. The van der Waals surface area contributed by atoms with Crippen molar-refractivity contribution >= 4 is 5.91 Å². The molecule has 0 aliphatic carbocycles. The number of hydrogen-bond donors (Lipinski definition) is 4. The van der Waals surface area contributed by atoms with Crippen LogP contribution < -0.4 is 21.9 Å². The van der Waals surface area contributed by atoms with E-state index in [1.807, 2.05) is 32.0 Å². The Kier molecular flexibility index (Phi) is 4.19. The Bertz CT molecular complexity index is 427. The predicted octanol–water partition coefficient (Wildman–Crippen LogP) is 0.448. The molecule has 1 saturated heterocycles. The summed E-state index contributed by atoms with van der Waals surface area (Å²) >= 11 is 0. The zero-order chi connectivity index (χ0) is 13.9. The molecular weight excluding hydrogens is 240 g/mol. The largest absolute Gasteiger partial charge is 0.353 e. The van der Waals surface area contributed by atoms with Gasteiger partial charge in [0.15, 0.2) is 0 Å². The van der Waals surface area contributed by atoms with Crippen molar-refractivity contribution in [2.24, 2.45) is 5.73 Å². The summed E-state index contributed by atoms with van der Waals surface area (Å²) in [6, 6.07) is 10.1. The second kappa shape index (κ2) is 5.69. The van der Waals surface area contributed by atoms with Crippen molar-refractivity contribution in [2.45, 2.75) is 37.9 Å². The van der Waals surface area contributed by atoms with E-state index in [0.717, 1.165) is 6.42 Å². The second-order valence-electron chi connectivity index (χ2n) is 5.75. The lowest BCUT2D eigenvalue weighted by atomic mass is 10.0. The Morgan fingerprint density at radius 3 is 2.68 bits per heavy atom. The SMILES string of the molecule is CC(C)(N)CNC(=O)C1CC(c2ccccc2)NN1. The van der Waals surface area contributed by atoms with Crippen molar-refractivity contribution in [3.05, 3.63) is 35.9 Å². The highest BCUT2D eigenvalue weighted by atomic mass is 16.2. The highest BCUT2D eigenvalue weighted by Crippen LogP contribution is 2.21. The molecule has 1 aromatic carbocycles. The lowest BCUT2D eigenvalue weighted by molar-refractivity contribution is -0.123. The minimum Gasteiger partial charge on any atom is -0.353 e. The van der Waals surface area contributed by atoms with Gasteiger partial charge in [-0.2, -0.15) is 0 Å². The Morgan fingerprint density at radius 1 is 1.37 bits per heavy atom. The van der Waals surface area contributed by atoms with Crippen molar-refractivity contribution in [1.82, 2.24) is 16.2 Å². The zero-order valence-electron chi connectivity index (χ0n) is 11.4. The molecule has 1 aromatic rings. The van der Waals surface area contributed by atoms with Gasteiger partial charge in [0.1, 0.15) is 6.04 Å². The van der Waals surface area contributed by atoms with E-state index in [4.69, 9.17) is 5.73 Å². The number of nitrogens with one attached hydrogen (secondary N) is 3. The summed E-state index contributed by atoms with van der Waals surface area (Å²) in [7, 11) is 0. The minimum atomic E-state index is -0.388. The standard InChI is InChI=1S/C14H22N4O/c1-14(2,15)9-16-13(19)12-8-11(17-18-12)10-6-4-3-5-7-10/h3-7,11-12,17-18H,8-9,15H2,1-2H3,(H,16,19). The molecule has 2 atom stereocenters. The first-order valence-corrected chi connectivity index (χ1v) is 6.58. The number of hydrazine groups is 1. The van der Waals surface area contributed by atoms with E-state index in [0.29, 0.717) is 6.54 Å². The van der Waals surface area contributed by atoms with E-state index in [9.17, 15) is 4.79 Å². The predicted molar refractivity (Wildman–Crippen MR) is 75.1 cm³/mol. The number of carbonyl (C=O) groups excluding carboxylic acids is 1. The molecular formula is C14H22N4O. The number of amides is 1. The van der Waals surface area contributed by atoms with Gasteiger partial charge in [-0.3, -0.25) is 4.79 Å². The maximum atomic E-state index is 12.0. The molecule has 0 radical (unpaired) electrons. The molecule has 1 fully saturated rings. The number of hydrogen-bond acceptors (Lipinski definition) is 4. The summed E-state index contributed by atoms with van der Waals surface area (Å²) in [5, 5.41) is 2.87. The molecule has 5 N–H and O–H groups in total. The third kappa shape index (κ3) is 4.02. The van der Waals surface area contributed by atoms with Gasteiger partial charge in [0, 0.05) is 18.1 Å². The highest BCUT2D eigenvalue weighted by molar-refractivity contribution is 5.82. The molecule has 5 nitrogen and oxygen atoms in total. The molecule has 2 unspecified atom stereocenters. The van der Waals surface area contributed by atoms with Gasteiger partial charge in [0.2, 0.25) is 5.91 Å². The number of nitrogens with two attached hydrogens (primary N) is 1. The van der Waals surface area contributed by atoms with Crippen LogP contribution in [0.15, 0.2) is 30.3 Å². The fraction of sp³-hybridized carbons (Fsp3) is 0.500. The molecule has 104 valence electrons. The molecule has 0 bridgehead atoms. The molecule has 19 heavy (non-hydrogen) atoms. The van der Waals surface area contributed by atoms with Crippen molar-refractivity contribution in [3.8, 4) is 0 Å². The zero-order valence-corrected chi connectivity index (χ0v) is 11.4. The first kappa shape index (κ1) is 14.0. The van der Waals surface area contributed by atoms with Crippen LogP contribution >= 0.6 is 0 Å². The highest BCUT2D eigenvalue weighted by Gasteiger charge is 2.30. The summed E-state index contributed by atoms with van der Waals surface area (Å²) in [6.45, 7) is 4.25. The monoisotopic (exact) mass is 262 g/mol. The van der Waals surface area contributed by atoms with Gasteiger partial charge in [0.05, 0.1) is 0 Å². The summed E-state index contributed by atoms with van der Waals surface area (Å²) in [5.74, 6) is -0.00976. The Balaban J connectivity index is 1.86.